The molecule has 2 aromatic carbocycles. The predicted molar refractivity (Wildman–Crippen MR) is 85.4 cm³/mol. The Morgan fingerprint density at radius 3 is 2.52 bits per heavy atom. The predicted octanol–water partition coefficient (Wildman–Crippen LogP) is 2.92. The second-order valence-electron chi connectivity index (χ2n) is 5.56. The second kappa shape index (κ2) is 6.00. The van der Waals surface area contributed by atoms with Crippen molar-refractivity contribution in [2.45, 2.75) is 18.9 Å². The second-order valence-corrected chi connectivity index (χ2v) is 5.56. The molecule has 0 aromatic heterocycles. The molecule has 1 amide bonds. The summed E-state index contributed by atoms with van der Waals surface area (Å²) in [5.41, 5.74) is 3.57. The lowest BCUT2D eigenvalue weighted by Gasteiger charge is -2.16. The van der Waals surface area contributed by atoms with E-state index in [0.29, 0.717) is 0 Å². The topological polar surface area (TPSA) is 32.3 Å². The van der Waals surface area contributed by atoms with Crippen molar-refractivity contribution in [3.63, 3.8) is 0 Å². The summed E-state index contributed by atoms with van der Waals surface area (Å²) >= 11 is 0. The van der Waals surface area contributed by atoms with E-state index in [2.05, 4.69) is 41.7 Å². The van der Waals surface area contributed by atoms with Gasteiger partial charge in [-0.2, -0.15) is 0 Å². The van der Waals surface area contributed by atoms with E-state index >= 15 is 0 Å². The lowest BCUT2D eigenvalue weighted by atomic mass is 10.0. The van der Waals surface area contributed by atoms with Gasteiger partial charge < -0.3 is 10.2 Å². The minimum atomic E-state index is -0.0908. The van der Waals surface area contributed by atoms with Crippen LogP contribution in [0.4, 0.5) is 5.69 Å². The molecule has 21 heavy (non-hydrogen) atoms. The quantitative estimate of drug-likeness (QED) is 0.934. The molecule has 0 aliphatic carbocycles. The van der Waals surface area contributed by atoms with E-state index in [-0.39, 0.29) is 11.9 Å². The highest BCUT2D eigenvalue weighted by Crippen LogP contribution is 2.22. The molecule has 0 spiro atoms. The van der Waals surface area contributed by atoms with Crippen LogP contribution in [0.3, 0.4) is 0 Å². The van der Waals surface area contributed by atoms with E-state index in [9.17, 15) is 4.79 Å². The monoisotopic (exact) mass is 280 g/mol. The van der Waals surface area contributed by atoms with Crippen LogP contribution in [0.15, 0.2) is 54.6 Å². The minimum absolute atomic E-state index is 0.0908. The molecule has 1 atom stereocenters. The normalized spacial score (nSPS) is 18.0. The molecule has 1 aliphatic rings. The van der Waals surface area contributed by atoms with E-state index in [1.165, 1.54) is 11.1 Å². The van der Waals surface area contributed by atoms with E-state index in [0.717, 1.165) is 25.1 Å². The molecular weight excluding hydrogens is 260 g/mol. The fourth-order valence-electron chi connectivity index (χ4n) is 2.78. The van der Waals surface area contributed by atoms with Crippen LogP contribution in [0.25, 0.3) is 0 Å². The highest BCUT2D eigenvalue weighted by Gasteiger charge is 2.29. The number of nitrogens with zero attached hydrogens (tertiary/aromatic N) is 1. The Bertz CT molecular complexity index is 624. The summed E-state index contributed by atoms with van der Waals surface area (Å²) in [6.45, 7) is 0.831. The molecule has 1 N–H and O–H groups in total. The summed E-state index contributed by atoms with van der Waals surface area (Å²) < 4.78 is 0. The molecule has 1 aliphatic heterocycles. The number of benzene rings is 2. The van der Waals surface area contributed by atoms with Crippen molar-refractivity contribution in [1.29, 1.82) is 0 Å². The minimum Gasteiger partial charge on any atom is -0.373 e. The molecule has 0 radical (unpaired) electrons. The maximum Gasteiger partial charge on any atom is 0.244 e. The smallest absolute Gasteiger partial charge is 0.244 e. The van der Waals surface area contributed by atoms with E-state index in [4.69, 9.17) is 0 Å². The number of carbonyl (C=O) groups is 1. The zero-order chi connectivity index (χ0) is 14.7. The number of hydrogen-bond acceptors (Lipinski definition) is 2. The highest BCUT2D eigenvalue weighted by atomic mass is 16.2. The van der Waals surface area contributed by atoms with Crippen molar-refractivity contribution in [1.82, 2.24) is 4.90 Å². The van der Waals surface area contributed by atoms with Gasteiger partial charge in [-0.1, -0.05) is 48.5 Å². The van der Waals surface area contributed by atoms with Crippen LogP contribution in [-0.2, 0) is 11.2 Å². The third-order valence-corrected chi connectivity index (χ3v) is 4.01. The lowest BCUT2D eigenvalue weighted by Crippen LogP contribution is -2.31. The number of nitrogens with one attached hydrogen (secondary N) is 1. The fourth-order valence-corrected chi connectivity index (χ4v) is 2.78. The van der Waals surface area contributed by atoms with Gasteiger partial charge in [0.2, 0.25) is 5.91 Å². The van der Waals surface area contributed by atoms with Crippen molar-refractivity contribution in [2.75, 3.05) is 18.9 Å². The van der Waals surface area contributed by atoms with Crippen LogP contribution in [0.1, 0.15) is 17.5 Å². The van der Waals surface area contributed by atoms with E-state index in [1.54, 1.807) is 4.90 Å². The molecule has 3 heteroatoms. The summed E-state index contributed by atoms with van der Waals surface area (Å²) in [4.78, 5) is 13.8. The summed E-state index contributed by atoms with van der Waals surface area (Å²) in [5, 5.41) is 3.42. The van der Waals surface area contributed by atoms with E-state index < -0.39 is 0 Å². The van der Waals surface area contributed by atoms with Gasteiger partial charge in [0, 0.05) is 19.3 Å². The largest absolute Gasteiger partial charge is 0.373 e. The molecule has 3 rings (SSSR count). The van der Waals surface area contributed by atoms with Crippen LogP contribution in [0.5, 0.6) is 0 Å². The summed E-state index contributed by atoms with van der Waals surface area (Å²) in [6.07, 6.45) is 1.75. The van der Waals surface area contributed by atoms with Gasteiger partial charge in [0.15, 0.2) is 0 Å². The number of para-hydroxylation sites is 1. The Morgan fingerprint density at radius 2 is 1.81 bits per heavy atom. The average molecular weight is 280 g/mol. The zero-order valence-electron chi connectivity index (χ0n) is 12.3. The number of rotatable bonds is 4. The third kappa shape index (κ3) is 3.07. The highest BCUT2D eigenvalue weighted by molar-refractivity contribution is 5.86. The van der Waals surface area contributed by atoms with Gasteiger partial charge in [-0.15, -0.1) is 0 Å². The molecule has 2 aromatic rings. The molecule has 1 unspecified atom stereocenters. The van der Waals surface area contributed by atoms with Gasteiger partial charge in [0.05, 0.1) is 0 Å². The Hall–Kier alpha value is -2.29. The summed E-state index contributed by atoms with van der Waals surface area (Å²) in [7, 11) is 1.86. The first-order chi connectivity index (χ1) is 10.2. The molecule has 0 saturated carbocycles. The Balaban J connectivity index is 1.78. The number of anilines is 1. The summed E-state index contributed by atoms with van der Waals surface area (Å²) in [5.74, 6) is 0.185. The SMILES string of the molecule is CN1CCC(Nc2ccccc2Cc2ccccc2)C1=O. The van der Waals surface area contributed by atoms with Gasteiger partial charge in [-0.25, -0.2) is 0 Å². The lowest BCUT2D eigenvalue weighted by molar-refractivity contribution is -0.127. The average Bonchev–Trinajstić information content (AvgIpc) is 2.82. The van der Waals surface area contributed by atoms with Crippen molar-refractivity contribution in [3.05, 3.63) is 65.7 Å². The Labute approximate surface area is 125 Å². The molecule has 1 fully saturated rings. The third-order valence-electron chi connectivity index (χ3n) is 4.01. The summed E-state index contributed by atoms with van der Waals surface area (Å²) in [6, 6.07) is 18.6. The number of carbonyl (C=O) groups excluding carboxylic acids is 1. The maximum atomic E-state index is 12.0. The molecule has 108 valence electrons. The van der Waals surface area contributed by atoms with Crippen molar-refractivity contribution >= 4 is 11.6 Å². The first-order valence-corrected chi connectivity index (χ1v) is 7.37. The van der Waals surface area contributed by atoms with Crippen LogP contribution in [0.2, 0.25) is 0 Å². The molecular formula is C18H20N2O. The van der Waals surface area contributed by atoms with Crippen molar-refractivity contribution in [3.8, 4) is 0 Å². The van der Waals surface area contributed by atoms with Gasteiger partial charge in [0.25, 0.3) is 0 Å². The van der Waals surface area contributed by atoms with E-state index in [1.807, 2.05) is 25.2 Å². The Kier molecular flexibility index (Phi) is 3.91. The fraction of sp³-hybridized carbons (Fsp3) is 0.278. The molecule has 3 nitrogen and oxygen atoms in total. The van der Waals surface area contributed by atoms with Crippen LogP contribution in [-0.4, -0.2) is 30.4 Å². The van der Waals surface area contributed by atoms with Crippen molar-refractivity contribution < 1.29 is 4.79 Å². The first-order valence-electron chi connectivity index (χ1n) is 7.37. The van der Waals surface area contributed by atoms with Gasteiger partial charge in [-0.3, -0.25) is 4.79 Å². The number of likely N-dealkylation sites (tertiary alicyclic amines) is 1. The van der Waals surface area contributed by atoms with Crippen LogP contribution >= 0.6 is 0 Å². The Morgan fingerprint density at radius 1 is 1.10 bits per heavy atom. The maximum absolute atomic E-state index is 12.0. The van der Waals surface area contributed by atoms with Crippen molar-refractivity contribution in [2.24, 2.45) is 0 Å². The number of likely N-dealkylation sites (N-methyl/N-ethyl adjacent to an activating group) is 1. The van der Waals surface area contributed by atoms with Crippen LogP contribution in [0, 0.1) is 0 Å². The molecule has 1 saturated heterocycles. The van der Waals surface area contributed by atoms with Gasteiger partial charge in [0.1, 0.15) is 6.04 Å². The standard InChI is InChI=1S/C18H20N2O/c1-20-12-11-17(18(20)21)19-16-10-6-5-9-15(16)13-14-7-3-2-4-8-14/h2-10,17,19H,11-13H2,1H3. The molecule has 1 heterocycles. The van der Waals surface area contributed by atoms with Gasteiger partial charge in [-0.05, 0) is 30.0 Å². The number of hydrogen-bond donors (Lipinski definition) is 1. The zero-order valence-corrected chi connectivity index (χ0v) is 12.3. The molecule has 0 bridgehead atoms. The van der Waals surface area contributed by atoms with Gasteiger partial charge >= 0.3 is 0 Å². The van der Waals surface area contributed by atoms with Crippen LogP contribution < -0.4 is 5.32 Å². The first kappa shape index (κ1) is 13.7. The number of amides is 1.